The number of furan rings is 1. The minimum absolute atomic E-state index is 0.180. The van der Waals surface area contributed by atoms with E-state index in [9.17, 15) is 19.5 Å². The monoisotopic (exact) mass is 501 g/mol. The fourth-order valence-electron chi connectivity index (χ4n) is 4.29. The predicted molar refractivity (Wildman–Crippen MR) is 123 cm³/mol. The van der Waals surface area contributed by atoms with Crippen molar-refractivity contribution >= 4 is 55.7 Å². The van der Waals surface area contributed by atoms with Crippen molar-refractivity contribution in [2.75, 3.05) is 6.54 Å². The third-order valence-electron chi connectivity index (χ3n) is 5.71. The van der Waals surface area contributed by atoms with E-state index in [-0.39, 0.29) is 25.2 Å². The summed E-state index contributed by atoms with van der Waals surface area (Å²) in [6.45, 7) is 5.33. The number of carboxylic acid groups (broad SMARTS) is 1. The van der Waals surface area contributed by atoms with E-state index >= 15 is 0 Å². The van der Waals surface area contributed by atoms with Gasteiger partial charge in [-0.15, -0.1) is 0 Å². The molecule has 1 saturated heterocycles. The van der Waals surface area contributed by atoms with Gasteiger partial charge in [0, 0.05) is 33.8 Å². The number of nitrogens with zero attached hydrogens (tertiary/aromatic N) is 1. The summed E-state index contributed by atoms with van der Waals surface area (Å²) in [5.74, 6) is -1.03. The number of esters is 1. The maximum atomic E-state index is 13.3. The Bertz CT molecular complexity index is 1240. The Balaban J connectivity index is 1.70. The van der Waals surface area contributed by atoms with E-state index < -0.39 is 23.2 Å². The van der Waals surface area contributed by atoms with E-state index in [0.717, 1.165) is 20.1 Å². The van der Waals surface area contributed by atoms with Gasteiger partial charge in [0.1, 0.15) is 16.8 Å². The van der Waals surface area contributed by atoms with E-state index in [1.54, 1.807) is 32.9 Å². The van der Waals surface area contributed by atoms with Gasteiger partial charge >= 0.3 is 12.1 Å². The van der Waals surface area contributed by atoms with E-state index in [1.165, 1.54) is 0 Å². The first-order chi connectivity index (χ1) is 15.0. The van der Waals surface area contributed by atoms with Crippen LogP contribution in [0.4, 0.5) is 4.79 Å². The second-order valence-electron chi connectivity index (χ2n) is 9.12. The molecular weight excluding hydrogens is 478 g/mol. The first-order valence-corrected chi connectivity index (χ1v) is 11.2. The third kappa shape index (κ3) is 3.99. The van der Waals surface area contributed by atoms with E-state index in [2.05, 4.69) is 15.9 Å². The molecule has 1 aromatic heterocycles. The van der Waals surface area contributed by atoms with E-state index in [1.807, 2.05) is 24.3 Å². The minimum atomic E-state index is -1.54. The predicted octanol–water partition coefficient (Wildman–Crippen LogP) is 5.78. The molecule has 1 aliphatic rings. The van der Waals surface area contributed by atoms with Crippen LogP contribution in [0.25, 0.3) is 21.9 Å². The van der Waals surface area contributed by atoms with Gasteiger partial charge in [-0.2, -0.15) is 0 Å². The lowest BCUT2D eigenvalue weighted by Crippen LogP contribution is -2.55. The number of amides is 1. The summed E-state index contributed by atoms with van der Waals surface area (Å²) in [6.07, 6.45) is -0.803. The summed E-state index contributed by atoms with van der Waals surface area (Å²) < 4.78 is 12.3. The summed E-state index contributed by atoms with van der Waals surface area (Å²) in [7, 11) is 0. The largest absolute Gasteiger partial charge is 0.465 e. The van der Waals surface area contributed by atoms with Crippen LogP contribution < -0.4 is 0 Å². The van der Waals surface area contributed by atoms with E-state index in [0.29, 0.717) is 23.2 Å². The molecule has 0 bridgehead atoms. The average molecular weight is 502 g/mol. The highest BCUT2D eigenvalue weighted by atomic mass is 79.9. The second kappa shape index (κ2) is 7.92. The normalized spacial score (nSPS) is 18.9. The van der Waals surface area contributed by atoms with Crippen LogP contribution in [0.1, 0.15) is 50.4 Å². The fraction of sp³-hybridized carbons (Fsp3) is 0.375. The highest BCUT2D eigenvalue weighted by molar-refractivity contribution is 9.10. The molecule has 0 spiro atoms. The number of ether oxygens (including phenoxy) is 1. The summed E-state index contributed by atoms with van der Waals surface area (Å²) in [6, 6.07) is 10.9. The fourth-order valence-corrected chi connectivity index (χ4v) is 4.63. The van der Waals surface area contributed by atoms with Crippen LogP contribution in [0.2, 0.25) is 0 Å². The van der Waals surface area contributed by atoms with Crippen molar-refractivity contribution < 1.29 is 28.6 Å². The number of fused-ring (bicyclic) bond motifs is 3. The summed E-state index contributed by atoms with van der Waals surface area (Å²) in [5.41, 5.74) is -0.741. The zero-order valence-electron chi connectivity index (χ0n) is 18.1. The summed E-state index contributed by atoms with van der Waals surface area (Å²) in [4.78, 5) is 39.4. The lowest BCUT2D eigenvalue weighted by molar-refractivity contribution is -0.167. The molecule has 1 amide bonds. The molecule has 32 heavy (non-hydrogen) atoms. The van der Waals surface area contributed by atoms with Crippen LogP contribution in [0.5, 0.6) is 0 Å². The number of ketones is 1. The Hall–Kier alpha value is -2.87. The van der Waals surface area contributed by atoms with Gasteiger partial charge in [0.05, 0.1) is 0 Å². The molecule has 0 aliphatic carbocycles. The van der Waals surface area contributed by atoms with Crippen LogP contribution >= 0.6 is 15.9 Å². The molecule has 1 aliphatic heterocycles. The van der Waals surface area contributed by atoms with Crippen molar-refractivity contribution in [1.82, 2.24) is 4.90 Å². The van der Waals surface area contributed by atoms with Gasteiger partial charge < -0.3 is 14.3 Å². The summed E-state index contributed by atoms with van der Waals surface area (Å²) >= 11 is 3.42. The van der Waals surface area contributed by atoms with Crippen molar-refractivity contribution in [1.29, 1.82) is 0 Å². The first-order valence-electron chi connectivity index (χ1n) is 10.4. The molecule has 1 unspecified atom stereocenters. The number of hydrogen-bond acceptors (Lipinski definition) is 5. The highest BCUT2D eigenvalue weighted by Crippen LogP contribution is 2.37. The topological polar surface area (TPSA) is 97.1 Å². The molecule has 168 valence electrons. The zero-order valence-corrected chi connectivity index (χ0v) is 19.7. The molecule has 2 heterocycles. The summed E-state index contributed by atoms with van der Waals surface area (Å²) in [5, 5.41) is 11.5. The van der Waals surface area contributed by atoms with Gasteiger partial charge in [-0.3, -0.25) is 9.69 Å². The molecule has 7 nitrogen and oxygen atoms in total. The lowest BCUT2D eigenvalue weighted by Gasteiger charge is -2.36. The molecule has 0 radical (unpaired) electrons. The number of hydrogen-bond donors (Lipinski definition) is 1. The molecule has 8 heteroatoms. The van der Waals surface area contributed by atoms with Gasteiger partial charge in [-0.25, -0.2) is 9.59 Å². The first kappa shape index (κ1) is 22.3. The molecule has 1 fully saturated rings. The molecule has 4 rings (SSSR count). The standard InChI is InChI=1S/C24H24BrNO6/c1-23(2,3)32-21(28)24(9-4-10-26(24)22(29)30)13-18(27)14-5-7-16-17-8-6-15(25)12-20(17)31-19(16)11-14/h5-8,11-12H,4,9-10,13H2,1-3H3,(H,29,30). The van der Waals surface area contributed by atoms with Crippen LogP contribution in [0.15, 0.2) is 45.3 Å². The third-order valence-corrected chi connectivity index (χ3v) is 6.20. The Labute approximate surface area is 193 Å². The Morgan fingerprint density at radius 3 is 2.44 bits per heavy atom. The van der Waals surface area contributed by atoms with Crippen molar-refractivity contribution in [2.24, 2.45) is 0 Å². The van der Waals surface area contributed by atoms with Gasteiger partial charge in [-0.05, 0) is 63.9 Å². The van der Waals surface area contributed by atoms with Crippen molar-refractivity contribution in [3.8, 4) is 0 Å². The van der Waals surface area contributed by atoms with Gasteiger partial charge in [0.2, 0.25) is 0 Å². The van der Waals surface area contributed by atoms with Gasteiger partial charge in [-0.1, -0.05) is 22.0 Å². The quantitative estimate of drug-likeness (QED) is 0.359. The Kier molecular flexibility index (Phi) is 5.53. The van der Waals surface area contributed by atoms with Crippen molar-refractivity contribution in [3.05, 3.63) is 46.4 Å². The average Bonchev–Trinajstić information content (AvgIpc) is 3.27. The van der Waals surface area contributed by atoms with Crippen LogP contribution in [-0.2, 0) is 9.53 Å². The zero-order chi connectivity index (χ0) is 23.3. The number of rotatable bonds is 4. The number of carbonyl (C=O) groups is 3. The number of likely N-dealkylation sites (tertiary alicyclic amines) is 1. The smallest absolute Gasteiger partial charge is 0.408 e. The van der Waals surface area contributed by atoms with Crippen molar-refractivity contribution in [2.45, 2.75) is 51.2 Å². The van der Waals surface area contributed by atoms with Crippen LogP contribution in [0, 0.1) is 0 Å². The Morgan fingerprint density at radius 2 is 1.78 bits per heavy atom. The van der Waals surface area contributed by atoms with Crippen LogP contribution in [-0.4, -0.2) is 45.5 Å². The van der Waals surface area contributed by atoms with Gasteiger partial charge in [0.15, 0.2) is 11.3 Å². The van der Waals surface area contributed by atoms with E-state index in [4.69, 9.17) is 9.15 Å². The molecule has 1 atom stereocenters. The highest BCUT2D eigenvalue weighted by Gasteiger charge is 2.53. The molecular formula is C24H24BrNO6. The minimum Gasteiger partial charge on any atom is -0.465 e. The maximum absolute atomic E-state index is 13.3. The lowest BCUT2D eigenvalue weighted by atomic mass is 9.87. The molecule has 3 aromatic rings. The maximum Gasteiger partial charge on any atom is 0.408 e. The molecule has 0 saturated carbocycles. The molecule has 2 aromatic carbocycles. The van der Waals surface area contributed by atoms with Gasteiger partial charge in [0.25, 0.3) is 0 Å². The number of Topliss-reactive ketones (excluding diaryl/α,β-unsaturated/α-hetero) is 1. The Morgan fingerprint density at radius 1 is 1.12 bits per heavy atom. The molecule has 1 N–H and O–H groups in total. The SMILES string of the molecule is CC(C)(C)OC(=O)C1(CC(=O)c2ccc3c(c2)oc2cc(Br)ccc23)CCCN1C(=O)O. The number of benzene rings is 2. The second-order valence-corrected chi connectivity index (χ2v) is 10.0. The number of halogens is 1. The van der Waals surface area contributed by atoms with Crippen molar-refractivity contribution in [3.63, 3.8) is 0 Å². The van der Waals surface area contributed by atoms with Crippen LogP contribution in [0.3, 0.4) is 0 Å². The number of carbonyl (C=O) groups excluding carboxylic acids is 2.